The number of aromatic nitrogens is 1. The van der Waals surface area contributed by atoms with Crippen LogP contribution < -0.4 is 29.1 Å². The summed E-state index contributed by atoms with van der Waals surface area (Å²) in [7, 11) is 4.84. The van der Waals surface area contributed by atoms with E-state index in [4.69, 9.17) is 23.9 Å². The van der Waals surface area contributed by atoms with Gasteiger partial charge in [-0.15, -0.1) is 0 Å². The third-order valence-corrected chi connectivity index (χ3v) is 9.20. The van der Waals surface area contributed by atoms with Crippen LogP contribution in [0.1, 0.15) is 55.0 Å². The predicted octanol–water partition coefficient (Wildman–Crippen LogP) is 4.86. The van der Waals surface area contributed by atoms with E-state index in [0.29, 0.717) is 37.7 Å². The molecule has 1 aromatic heterocycles. The number of benzene rings is 3. The number of carbonyl (C=O) groups is 1. The molecule has 43 heavy (non-hydrogen) atoms. The smallest absolute Gasteiger partial charge is 0.338 e. The molecular formula is C34H34N2O6S. The zero-order chi connectivity index (χ0) is 30.2. The van der Waals surface area contributed by atoms with E-state index >= 15 is 0 Å². The number of nitrogens with zero attached hydrogens (tertiary/aromatic N) is 2. The first-order valence-corrected chi connectivity index (χ1v) is 15.2. The average Bonchev–Trinajstić information content (AvgIpc) is 3.32. The molecule has 0 saturated carbocycles. The Morgan fingerprint density at radius 1 is 1.00 bits per heavy atom. The Balaban J connectivity index is 1.64. The summed E-state index contributed by atoms with van der Waals surface area (Å²) in [5.41, 5.74) is 4.62. The molecule has 3 aromatic carbocycles. The maximum Gasteiger partial charge on any atom is 0.338 e. The van der Waals surface area contributed by atoms with Crippen LogP contribution in [-0.2, 0) is 22.4 Å². The molecule has 222 valence electrons. The van der Waals surface area contributed by atoms with Crippen LogP contribution in [0.4, 0.5) is 0 Å². The van der Waals surface area contributed by atoms with Gasteiger partial charge < -0.3 is 18.9 Å². The molecule has 0 fully saturated rings. The number of thiazole rings is 1. The number of rotatable bonds is 7. The summed E-state index contributed by atoms with van der Waals surface area (Å²) in [4.78, 5) is 33.2. The van der Waals surface area contributed by atoms with E-state index in [1.165, 1.54) is 28.9 Å². The van der Waals surface area contributed by atoms with Gasteiger partial charge in [-0.25, -0.2) is 9.79 Å². The standard InChI is InChI=1S/C34H34N2O6S/c1-6-42-33(38)29-19(2)35-34-36(31(29)30-25-18-24(39-3)13-11-20(25)12-14-26(30)40-4)32(37)28(43-34)17-23-15-21-9-7-8-10-22(21)16-27(23)41-5/h11-18,31H,6-10H2,1-5H3/b28-17-/t31-/m0/s1. The van der Waals surface area contributed by atoms with Gasteiger partial charge in [0.1, 0.15) is 23.3 Å². The van der Waals surface area contributed by atoms with Crippen molar-refractivity contribution in [1.82, 2.24) is 4.57 Å². The monoisotopic (exact) mass is 598 g/mol. The van der Waals surface area contributed by atoms with Crippen LogP contribution in [0.15, 0.2) is 63.5 Å². The minimum atomic E-state index is -0.839. The molecule has 0 radical (unpaired) electrons. The fourth-order valence-corrected chi connectivity index (χ4v) is 7.20. The van der Waals surface area contributed by atoms with Gasteiger partial charge in [-0.1, -0.05) is 23.5 Å². The van der Waals surface area contributed by atoms with Crippen molar-refractivity contribution in [2.24, 2.45) is 4.99 Å². The van der Waals surface area contributed by atoms with E-state index in [-0.39, 0.29) is 12.2 Å². The topological polar surface area (TPSA) is 88.4 Å². The lowest BCUT2D eigenvalue weighted by atomic mass is 9.90. The summed E-state index contributed by atoms with van der Waals surface area (Å²) >= 11 is 1.29. The normalized spacial score (nSPS) is 16.4. The Labute approximate surface area is 253 Å². The highest BCUT2D eigenvalue weighted by atomic mass is 32.1. The summed E-state index contributed by atoms with van der Waals surface area (Å²) < 4.78 is 24.8. The quantitative estimate of drug-likeness (QED) is 0.283. The van der Waals surface area contributed by atoms with Crippen LogP contribution in [0.3, 0.4) is 0 Å². The molecule has 4 aromatic rings. The molecule has 0 spiro atoms. The van der Waals surface area contributed by atoms with Gasteiger partial charge >= 0.3 is 5.97 Å². The van der Waals surface area contributed by atoms with Gasteiger partial charge in [0.25, 0.3) is 5.56 Å². The van der Waals surface area contributed by atoms with E-state index in [0.717, 1.165) is 41.3 Å². The highest BCUT2D eigenvalue weighted by molar-refractivity contribution is 7.07. The van der Waals surface area contributed by atoms with E-state index < -0.39 is 12.0 Å². The fourth-order valence-electron chi connectivity index (χ4n) is 6.17. The zero-order valence-electron chi connectivity index (χ0n) is 25.0. The predicted molar refractivity (Wildman–Crippen MR) is 167 cm³/mol. The minimum Gasteiger partial charge on any atom is -0.497 e. The first-order chi connectivity index (χ1) is 20.9. The van der Waals surface area contributed by atoms with Crippen molar-refractivity contribution in [2.75, 3.05) is 27.9 Å². The molecular weight excluding hydrogens is 564 g/mol. The molecule has 0 unspecified atom stereocenters. The van der Waals surface area contributed by atoms with Crippen LogP contribution in [0, 0.1) is 0 Å². The van der Waals surface area contributed by atoms with Crippen LogP contribution in [0.25, 0.3) is 16.8 Å². The van der Waals surface area contributed by atoms with Crippen LogP contribution in [0.5, 0.6) is 17.2 Å². The Morgan fingerprint density at radius 3 is 2.42 bits per heavy atom. The van der Waals surface area contributed by atoms with Crippen molar-refractivity contribution < 1.29 is 23.7 Å². The number of aryl methyl sites for hydroxylation is 2. The van der Waals surface area contributed by atoms with E-state index in [1.54, 1.807) is 39.7 Å². The number of esters is 1. The fraction of sp³-hybridized carbons (Fsp3) is 0.324. The lowest BCUT2D eigenvalue weighted by Crippen LogP contribution is -2.40. The van der Waals surface area contributed by atoms with Crippen LogP contribution >= 0.6 is 11.3 Å². The number of hydrogen-bond acceptors (Lipinski definition) is 8. The van der Waals surface area contributed by atoms with Crippen molar-refractivity contribution in [1.29, 1.82) is 0 Å². The Kier molecular flexibility index (Phi) is 7.83. The lowest BCUT2D eigenvalue weighted by molar-refractivity contribution is -0.139. The maximum absolute atomic E-state index is 14.4. The molecule has 1 aliphatic carbocycles. The second kappa shape index (κ2) is 11.7. The van der Waals surface area contributed by atoms with Crippen molar-refractivity contribution in [3.05, 3.63) is 95.7 Å². The SMILES string of the molecule is CCOC(=O)C1=C(C)N=c2s/c(=C\c3cc4c(cc3OC)CCCC4)c(=O)n2[C@@H]1c1c(OC)ccc2ccc(OC)cc12. The number of allylic oxidation sites excluding steroid dienone is 1. The third-order valence-electron chi connectivity index (χ3n) is 8.22. The van der Waals surface area contributed by atoms with Crippen LogP contribution in [0.2, 0.25) is 0 Å². The number of hydrogen-bond donors (Lipinski definition) is 0. The summed E-state index contributed by atoms with van der Waals surface area (Å²) in [5.74, 6) is 1.39. The Morgan fingerprint density at radius 2 is 1.72 bits per heavy atom. The molecule has 2 heterocycles. The van der Waals surface area contributed by atoms with Crippen molar-refractivity contribution in [2.45, 2.75) is 45.6 Å². The van der Waals surface area contributed by atoms with E-state index in [2.05, 4.69) is 12.1 Å². The molecule has 2 aliphatic rings. The number of methoxy groups -OCH3 is 3. The summed E-state index contributed by atoms with van der Waals surface area (Å²) in [6.45, 7) is 3.72. The van der Waals surface area contributed by atoms with Crippen molar-refractivity contribution in [3.8, 4) is 17.2 Å². The largest absolute Gasteiger partial charge is 0.497 e. The first-order valence-electron chi connectivity index (χ1n) is 14.4. The molecule has 8 nitrogen and oxygen atoms in total. The van der Waals surface area contributed by atoms with E-state index in [1.807, 2.05) is 36.4 Å². The second-order valence-electron chi connectivity index (χ2n) is 10.6. The lowest BCUT2D eigenvalue weighted by Gasteiger charge is -2.27. The average molecular weight is 599 g/mol. The van der Waals surface area contributed by atoms with Gasteiger partial charge in [0, 0.05) is 11.1 Å². The van der Waals surface area contributed by atoms with E-state index in [9.17, 15) is 9.59 Å². The molecule has 0 N–H and O–H groups in total. The molecule has 9 heteroatoms. The first kappa shape index (κ1) is 28.7. The molecule has 0 bridgehead atoms. The summed E-state index contributed by atoms with van der Waals surface area (Å²) in [6.07, 6.45) is 6.23. The highest BCUT2D eigenvalue weighted by Crippen LogP contribution is 2.41. The zero-order valence-corrected chi connectivity index (χ0v) is 25.8. The molecule has 1 aliphatic heterocycles. The maximum atomic E-state index is 14.4. The van der Waals surface area contributed by atoms with Gasteiger partial charge in [-0.2, -0.15) is 0 Å². The molecule has 6 rings (SSSR count). The minimum absolute atomic E-state index is 0.186. The second-order valence-corrected chi connectivity index (χ2v) is 11.6. The molecule has 0 amide bonds. The molecule has 1 atom stereocenters. The van der Waals surface area contributed by atoms with Gasteiger partial charge in [0.2, 0.25) is 0 Å². The Bertz CT molecular complexity index is 1960. The number of fused-ring (bicyclic) bond motifs is 3. The van der Waals surface area contributed by atoms with Gasteiger partial charge in [0.05, 0.1) is 43.7 Å². The van der Waals surface area contributed by atoms with Crippen LogP contribution in [-0.4, -0.2) is 38.5 Å². The summed E-state index contributed by atoms with van der Waals surface area (Å²) in [5, 5.41) is 1.71. The third kappa shape index (κ3) is 5.01. The number of carbonyl (C=O) groups excluding carboxylic acids is 1. The van der Waals surface area contributed by atoms with Crippen molar-refractivity contribution >= 4 is 34.2 Å². The van der Waals surface area contributed by atoms with Crippen molar-refractivity contribution in [3.63, 3.8) is 0 Å². The molecule has 0 saturated heterocycles. The van der Waals surface area contributed by atoms with Gasteiger partial charge in [-0.05, 0) is 97.8 Å². The highest BCUT2D eigenvalue weighted by Gasteiger charge is 2.36. The number of ether oxygens (including phenoxy) is 4. The Hall–Kier alpha value is -4.37. The van der Waals surface area contributed by atoms with Gasteiger partial charge in [-0.3, -0.25) is 9.36 Å². The van der Waals surface area contributed by atoms with Gasteiger partial charge in [0.15, 0.2) is 4.80 Å². The summed E-state index contributed by atoms with van der Waals surface area (Å²) in [6, 6.07) is 12.9.